The predicted octanol–water partition coefficient (Wildman–Crippen LogP) is 2.67. The van der Waals surface area contributed by atoms with E-state index in [1.165, 1.54) is 27.9 Å². The lowest BCUT2D eigenvalue weighted by Crippen LogP contribution is -2.38. The molecule has 1 N–H and O–H groups in total. The minimum atomic E-state index is -3.11. The van der Waals surface area contributed by atoms with Crippen molar-refractivity contribution in [2.75, 3.05) is 6.26 Å². The van der Waals surface area contributed by atoms with Gasteiger partial charge in [-0.3, -0.25) is 0 Å². The number of sulfonamides is 1. The third-order valence-electron chi connectivity index (χ3n) is 3.96. The summed E-state index contributed by atoms with van der Waals surface area (Å²) >= 11 is 1.50. The molecular formula is C15H20N2O3S2. The first-order chi connectivity index (χ1) is 10.5. The van der Waals surface area contributed by atoms with Crippen LogP contribution in [0.5, 0.6) is 0 Å². The van der Waals surface area contributed by atoms with Crippen molar-refractivity contribution in [3.8, 4) is 0 Å². The summed E-state index contributed by atoms with van der Waals surface area (Å²) in [6.45, 7) is 0.527. The van der Waals surface area contributed by atoms with Gasteiger partial charge in [-0.2, -0.15) is 4.37 Å². The minimum Gasteiger partial charge on any atom is -0.372 e. The van der Waals surface area contributed by atoms with E-state index in [1.54, 1.807) is 0 Å². The van der Waals surface area contributed by atoms with E-state index in [1.807, 2.05) is 12.1 Å². The van der Waals surface area contributed by atoms with Crippen LogP contribution in [0.4, 0.5) is 0 Å². The van der Waals surface area contributed by atoms with Gasteiger partial charge in [0.2, 0.25) is 10.0 Å². The summed E-state index contributed by atoms with van der Waals surface area (Å²) in [6, 6.07) is 8.22. The molecule has 1 aromatic carbocycles. The lowest BCUT2D eigenvalue weighted by atomic mass is 9.94. The van der Waals surface area contributed by atoms with Crippen molar-refractivity contribution < 1.29 is 13.2 Å². The largest absolute Gasteiger partial charge is 0.372 e. The fraction of sp³-hybridized carbons (Fsp3) is 0.533. The molecule has 1 saturated carbocycles. The van der Waals surface area contributed by atoms with Gasteiger partial charge in [0.05, 0.1) is 29.4 Å². The van der Waals surface area contributed by atoms with E-state index in [4.69, 9.17) is 4.74 Å². The van der Waals surface area contributed by atoms with Crippen LogP contribution in [0.3, 0.4) is 0 Å². The molecule has 22 heavy (non-hydrogen) atoms. The molecule has 0 amide bonds. The molecule has 1 heterocycles. The number of ether oxygens (including phenoxy) is 1. The highest BCUT2D eigenvalue weighted by Gasteiger charge is 2.24. The second-order valence-electron chi connectivity index (χ2n) is 5.80. The van der Waals surface area contributed by atoms with Crippen LogP contribution in [0, 0.1) is 0 Å². The highest BCUT2D eigenvalue weighted by Crippen LogP contribution is 2.26. The molecule has 0 radical (unpaired) electrons. The van der Waals surface area contributed by atoms with Gasteiger partial charge in [-0.25, -0.2) is 13.1 Å². The average molecular weight is 340 g/mol. The normalized spacial score (nSPS) is 23.0. The van der Waals surface area contributed by atoms with Crippen LogP contribution in [0.25, 0.3) is 10.1 Å². The van der Waals surface area contributed by atoms with Crippen molar-refractivity contribution in [3.63, 3.8) is 0 Å². The molecule has 120 valence electrons. The highest BCUT2D eigenvalue weighted by atomic mass is 32.2. The van der Waals surface area contributed by atoms with E-state index in [0.29, 0.717) is 6.61 Å². The van der Waals surface area contributed by atoms with Gasteiger partial charge in [0, 0.05) is 11.4 Å². The number of nitrogens with one attached hydrogen (secondary N) is 1. The van der Waals surface area contributed by atoms with Gasteiger partial charge in [0.25, 0.3) is 0 Å². The summed E-state index contributed by atoms with van der Waals surface area (Å²) in [7, 11) is -3.11. The predicted molar refractivity (Wildman–Crippen MR) is 88.4 cm³/mol. The average Bonchev–Trinajstić information content (AvgIpc) is 2.88. The molecule has 0 atom stereocenters. The molecular weight excluding hydrogens is 320 g/mol. The summed E-state index contributed by atoms with van der Waals surface area (Å²) in [5.74, 6) is 0. The Labute approximate surface area is 134 Å². The topological polar surface area (TPSA) is 68.3 Å². The first-order valence-corrected chi connectivity index (χ1v) is 10.1. The molecule has 0 spiro atoms. The monoisotopic (exact) mass is 340 g/mol. The summed E-state index contributed by atoms with van der Waals surface area (Å²) in [5, 5.41) is 1.17. The van der Waals surface area contributed by atoms with E-state index < -0.39 is 10.0 Å². The van der Waals surface area contributed by atoms with Crippen LogP contribution in [-0.4, -0.2) is 31.2 Å². The van der Waals surface area contributed by atoms with Crippen LogP contribution in [0.1, 0.15) is 31.4 Å². The Hall–Kier alpha value is -1.02. The van der Waals surface area contributed by atoms with E-state index >= 15 is 0 Å². The van der Waals surface area contributed by atoms with Gasteiger partial charge in [0.15, 0.2) is 0 Å². The van der Waals surface area contributed by atoms with Crippen molar-refractivity contribution in [1.29, 1.82) is 0 Å². The molecule has 2 aromatic rings. The number of hydrogen-bond donors (Lipinski definition) is 1. The number of aromatic nitrogens is 1. The quantitative estimate of drug-likeness (QED) is 0.908. The van der Waals surface area contributed by atoms with Crippen molar-refractivity contribution >= 4 is 31.6 Å². The third-order valence-corrected chi connectivity index (χ3v) is 5.59. The van der Waals surface area contributed by atoms with Gasteiger partial charge in [-0.1, -0.05) is 18.2 Å². The Morgan fingerprint density at radius 2 is 2.00 bits per heavy atom. The van der Waals surface area contributed by atoms with Crippen LogP contribution in [0.2, 0.25) is 0 Å². The van der Waals surface area contributed by atoms with E-state index in [2.05, 4.69) is 21.2 Å². The van der Waals surface area contributed by atoms with Crippen LogP contribution in [-0.2, 0) is 21.4 Å². The summed E-state index contributed by atoms with van der Waals surface area (Å²) in [5.41, 5.74) is 0.997. The lowest BCUT2D eigenvalue weighted by molar-refractivity contribution is 0.0121. The number of rotatable bonds is 5. The van der Waals surface area contributed by atoms with Crippen molar-refractivity contribution in [3.05, 3.63) is 30.0 Å². The zero-order valence-corrected chi connectivity index (χ0v) is 14.1. The molecule has 0 aliphatic heterocycles. The molecule has 5 nitrogen and oxygen atoms in total. The maximum absolute atomic E-state index is 11.2. The molecule has 3 rings (SSSR count). The number of nitrogens with zero attached hydrogens (tertiary/aromatic N) is 1. The fourth-order valence-electron chi connectivity index (χ4n) is 2.89. The maximum Gasteiger partial charge on any atom is 0.208 e. The van der Waals surface area contributed by atoms with Gasteiger partial charge < -0.3 is 4.74 Å². The summed E-state index contributed by atoms with van der Waals surface area (Å²) in [6.07, 6.45) is 4.83. The number of benzene rings is 1. The Morgan fingerprint density at radius 1 is 1.27 bits per heavy atom. The lowest BCUT2D eigenvalue weighted by Gasteiger charge is -2.28. The van der Waals surface area contributed by atoms with Crippen molar-refractivity contribution in [2.24, 2.45) is 0 Å². The van der Waals surface area contributed by atoms with E-state index in [0.717, 1.165) is 31.4 Å². The molecule has 0 saturated heterocycles. The molecule has 1 aliphatic carbocycles. The molecule has 0 unspecified atom stereocenters. The SMILES string of the molecule is CS(=O)(=O)NC1CCC(OCc2nsc3ccccc23)CC1. The number of hydrogen-bond acceptors (Lipinski definition) is 5. The van der Waals surface area contributed by atoms with Crippen molar-refractivity contribution in [1.82, 2.24) is 9.10 Å². The summed E-state index contributed by atoms with van der Waals surface area (Å²) < 4.78 is 36.8. The van der Waals surface area contributed by atoms with Crippen molar-refractivity contribution in [2.45, 2.75) is 44.4 Å². The van der Waals surface area contributed by atoms with Crippen LogP contribution in [0.15, 0.2) is 24.3 Å². The standard InChI is InChI=1S/C15H20N2O3S2/c1-22(18,19)17-11-6-8-12(9-7-11)20-10-14-13-4-2-3-5-15(13)21-16-14/h2-5,11-12,17H,6-10H2,1H3. The molecule has 1 fully saturated rings. The maximum atomic E-state index is 11.2. The zero-order valence-electron chi connectivity index (χ0n) is 12.5. The van der Waals surface area contributed by atoms with Crippen LogP contribution >= 0.6 is 11.5 Å². The Morgan fingerprint density at radius 3 is 2.73 bits per heavy atom. The second-order valence-corrected chi connectivity index (χ2v) is 8.39. The number of fused-ring (bicyclic) bond motifs is 1. The second kappa shape index (κ2) is 6.62. The molecule has 0 bridgehead atoms. The van der Waals surface area contributed by atoms with E-state index in [9.17, 15) is 8.42 Å². The fourth-order valence-corrected chi connectivity index (χ4v) is 4.51. The van der Waals surface area contributed by atoms with Gasteiger partial charge in [-0.15, -0.1) is 0 Å². The van der Waals surface area contributed by atoms with Crippen LogP contribution < -0.4 is 4.72 Å². The van der Waals surface area contributed by atoms with Gasteiger partial charge in [-0.05, 0) is 43.3 Å². The zero-order chi connectivity index (χ0) is 15.6. The summed E-state index contributed by atoms with van der Waals surface area (Å²) in [4.78, 5) is 0. The minimum absolute atomic E-state index is 0.0509. The Bertz CT molecular complexity index is 734. The first-order valence-electron chi connectivity index (χ1n) is 7.43. The highest BCUT2D eigenvalue weighted by molar-refractivity contribution is 7.88. The molecule has 1 aromatic heterocycles. The van der Waals surface area contributed by atoms with E-state index in [-0.39, 0.29) is 12.1 Å². The Kier molecular flexibility index (Phi) is 4.77. The first kappa shape index (κ1) is 15.9. The Balaban J connectivity index is 1.51. The molecule has 1 aliphatic rings. The van der Waals surface area contributed by atoms with Gasteiger partial charge >= 0.3 is 0 Å². The molecule has 7 heteroatoms. The smallest absolute Gasteiger partial charge is 0.208 e. The third kappa shape index (κ3) is 4.04. The van der Waals surface area contributed by atoms with Gasteiger partial charge in [0.1, 0.15) is 0 Å².